The van der Waals surface area contributed by atoms with Crippen molar-refractivity contribution in [1.82, 2.24) is 4.31 Å². The number of hydrogen-bond acceptors (Lipinski definition) is 3. The first-order chi connectivity index (χ1) is 9.79. The SMILES string of the molecule is O=C(O)C1CCN(S(=O)(=O)Nc2cc(Cl)ccc2Br)CC1. The standard InChI is InChI=1S/C12H14BrClN2O4S/c13-10-2-1-9(14)7-11(10)15-21(19,20)16-5-3-8(4-6-16)12(17)18/h1-2,7-8,15H,3-6H2,(H,17,18). The number of carbonyl (C=O) groups is 1. The molecule has 0 aromatic heterocycles. The second kappa shape index (κ2) is 6.51. The molecular formula is C12H14BrClN2O4S. The van der Waals surface area contributed by atoms with Gasteiger partial charge in [-0.1, -0.05) is 11.6 Å². The number of carboxylic acids is 1. The van der Waals surface area contributed by atoms with E-state index < -0.39 is 22.1 Å². The molecule has 9 heteroatoms. The van der Waals surface area contributed by atoms with Crippen molar-refractivity contribution in [3.05, 3.63) is 27.7 Å². The second-order valence-corrected chi connectivity index (χ2v) is 7.70. The Labute approximate surface area is 136 Å². The summed E-state index contributed by atoms with van der Waals surface area (Å²) >= 11 is 9.10. The van der Waals surface area contributed by atoms with Crippen LogP contribution in [0.2, 0.25) is 5.02 Å². The number of hydrogen-bond donors (Lipinski definition) is 2. The number of rotatable bonds is 4. The molecule has 116 valence electrons. The molecule has 1 fully saturated rings. The zero-order valence-corrected chi connectivity index (χ0v) is 14.1. The molecule has 0 radical (unpaired) electrons. The summed E-state index contributed by atoms with van der Waals surface area (Å²) in [4.78, 5) is 10.9. The lowest BCUT2D eigenvalue weighted by molar-refractivity contribution is -0.142. The Kier molecular flexibility index (Phi) is 5.13. The topological polar surface area (TPSA) is 86.7 Å². The van der Waals surface area contributed by atoms with Crippen molar-refractivity contribution in [2.24, 2.45) is 5.92 Å². The van der Waals surface area contributed by atoms with Crippen LogP contribution in [0.3, 0.4) is 0 Å². The largest absolute Gasteiger partial charge is 0.481 e. The van der Waals surface area contributed by atoms with Crippen molar-refractivity contribution in [3.8, 4) is 0 Å². The van der Waals surface area contributed by atoms with E-state index in [4.69, 9.17) is 16.7 Å². The van der Waals surface area contributed by atoms with Gasteiger partial charge in [0, 0.05) is 22.6 Å². The van der Waals surface area contributed by atoms with Crippen LogP contribution in [-0.2, 0) is 15.0 Å². The summed E-state index contributed by atoms with van der Waals surface area (Å²) in [7, 11) is -3.72. The third kappa shape index (κ3) is 4.09. The highest BCUT2D eigenvalue weighted by Gasteiger charge is 2.31. The Balaban J connectivity index is 2.09. The quantitative estimate of drug-likeness (QED) is 0.817. The minimum atomic E-state index is -3.72. The number of nitrogens with zero attached hydrogens (tertiary/aromatic N) is 1. The Morgan fingerprint density at radius 1 is 1.38 bits per heavy atom. The number of nitrogens with one attached hydrogen (secondary N) is 1. The van der Waals surface area contributed by atoms with Crippen LogP contribution in [0.5, 0.6) is 0 Å². The molecule has 1 aromatic carbocycles. The number of piperidine rings is 1. The maximum atomic E-state index is 12.3. The lowest BCUT2D eigenvalue weighted by Gasteiger charge is -2.29. The van der Waals surface area contributed by atoms with Crippen molar-refractivity contribution < 1.29 is 18.3 Å². The Morgan fingerprint density at radius 3 is 2.57 bits per heavy atom. The lowest BCUT2D eigenvalue weighted by Crippen LogP contribution is -2.43. The van der Waals surface area contributed by atoms with Gasteiger partial charge in [-0.2, -0.15) is 12.7 Å². The van der Waals surface area contributed by atoms with Crippen LogP contribution < -0.4 is 4.72 Å². The molecule has 0 spiro atoms. The van der Waals surface area contributed by atoms with Crippen molar-refractivity contribution in [3.63, 3.8) is 0 Å². The predicted octanol–water partition coefficient (Wildman–Crippen LogP) is 2.56. The van der Waals surface area contributed by atoms with Crippen LogP contribution >= 0.6 is 27.5 Å². The average molecular weight is 398 g/mol. The van der Waals surface area contributed by atoms with Gasteiger partial charge in [0.25, 0.3) is 0 Å². The fourth-order valence-corrected chi connectivity index (χ4v) is 4.04. The first-order valence-corrected chi connectivity index (χ1v) is 8.86. The highest BCUT2D eigenvalue weighted by atomic mass is 79.9. The van der Waals surface area contributed by atoms with E-state index in [1.54, 1.807) is 12.1 Å². The molecule has 0 bridgehead atoms. The maximum absolute atomic E-state index is 12.3. The number of anilines is 1. The minimum absolute atomic E-state index is 0.185. The van der Waals surface area contributed by atoms with Crippen LogP contribution in [0, 0.1) is 5.92 Å². The highest BCUT2D eigenvalue weighted by molar-refractivity contribution is 9.10. The van der Waals surface area contributed by atoms with Crippen molar-refractivity contribution in [2.75, 3.05) is 17.8 Å². The van der Waals surface area contributed by atoms with E-state index in [9.17, 15) is 13.2 Å². The first kappa shape index (κ1) is 16.5. The fourth-order valence-electron chi connectivity index (χ4n) is 2.12. The summed E-state index contributed by atoms with van der Waals surface area (Å²) < 4.78 is 28.9. The van der Waals surface area contributed by atoms with E-state index in [1.165, 1.54) is 10.4 Å². The molecule has 0 amide bonds. The Hall–Kier alpha value is -0.830. The van der Waals surface area contributed by atoms with E-state index >= 15 is 0 Å². The predicted molar refractivity (Wildman–Crippen MR) is 83.6 cm³/mol. The smallest absolute Gasteiger partial charge is 0.306 e. The van der Waals surface area contributed by atoms with E-state index in [0.29, 0.717) is 28.0 Å². The molecule has 0 saturated carbocycles. The molecule has 6 nitrogen and oxygen atoms in total. The molecule has 2 N–H and O–H groups in total. The van der Waals surface area contributed by atoms with Gasteiger partial charge >= 0.3 is 16.2 Å². The molecule has 1 aliphatic heterocycles. The Morgan fingerprint density at radius 2 is 2.00 bits per heavy atom. The molecule has 0 aliphatic carbocycles. The van der Waals surface area contributed by atoms with Crippen molar-refractivity contribution in [2.45, 2.75) is 12.8 Å². The summed E-state index contributed by atoms with van der Waals surface area (Å²) in [5.74, 6) is -1.35. The molecule has 1 heterocycles. The zero-order chi connectivity index (χ0) is 15.6. The molecule has 1 aliphatic rings. The minimum Gasteiger partial charge on any atom is -0.481 e. The number of halogens is 2. The van der Waals surface area contributed by atoms with Crippen LogP contribution in [0.1, 0.15) is 12.8 Å². The van der Waals surface area contributed by atoms with Gasteiger partial charge in [-0.25, -0.2) is 0 Å². The normalized spacial score (nSPS) is 17.6. The summed E-state index contributed by atoms with van der Waals surface area (Å²) in [5.41, 5.74) is 0.350. The second-order valence-electron chi connectivity index (χ2n) is 4.74. The van der Waals surface area contributed by atoms with E-state index in [2.05, 4.69) is 20.7 Å². The number of aliphatic carboxylic acids is 1. The van der Waals surface area contributed by atoms with Crippen LogP contribution in [0.25, 0.3) is 0 Å². The molecule has 1 saturated heterocycles. The highest BCUT2D eigenvalue weighted by Crippen LogP contribution is 2.28. The van der Waals surface area contributed by atoms with Crippen LogP contribution in [0.4, 0.5) is 5.69 Å². The fraction of sp³-hybridized carbons (Fsp3) is 0.417. The van der Waals surface area contributed by atoms with Gasteiger partial charge in [-0.05, 0) is 47.0 Å². The third-order valence-electron chi connectivity index (χ3n) is 3.31. The summed E-state index contributed by atoms with van der Waals surface area (Å²) in [5, 5.41) is 9.34. The van der Waals surface area contributed by atoms with Crippen LogP contribution in [-0.4, -0.2) is 36.9 Å². The zero-order valence-electron chi connectivity index (χ0n) is 10.9. The summed E-state index contributed by atoms with van der Waals surface area (Å²) in [6.07, 6.45) is 0.625. The van der Waals surface area contributed by atoms with Crippen molar-refractivity contribution >= 4 is 49.4 Å². The summed E-state index contributed by atoms with van der Waals surface area (Å²) in [6.45, 7) is 0.370. The van der Waals surface area contributed by atoms with Gasteiger partial charge in [0.05, 0.1) is 11.6 Å². The van der Waals surface area contributed by atoms with Gasteiger partial charge in [-0.3, -0.25) is 9.52 Å². The molecular weight excluding hydrogens is 384 g/mol. The van der Waals surface area contributed by atoms with Gasteiger partial charge in [0.1, 0.15) is 0 Å². The van der Waals surface area contributed by atoms with Gasteiger partial charge in [0.2, 0.25) is 0 Å². The van der Waals surface area contributed by atoms with E-state index in [0.717, 1.165) is 0 Å². The molecule has 1 aromatic rings. The van der Waals surface area contributed by atoms with E-state index in [1.807, 2.05) is 0 Å². The van der Waals surface area contributed by atoms with Gasteiger partial charge in [-0.15, -0.1) is 0 Å². The first-order valence-electron chi connectivity index (χ1n) is 6.25. The number of benzene rings is 1. The van der Waals surface area contributed by atoms with Crippen molar-refractivity contribution in [1.29, 1.82) is 0 Å². The Bertz CT molecular complexity index is 645. The lowest BCUT2D eigenvalue weighted by atomic mass is 9.99. The van der Waals surface area contributed by atoms with Gasteiger partial charge < -0.3 is 5.11 Å². The third-order valence-corrected chi connectivity index (χ3v) is 5.76. The van der Waals surface area contributed by atoms with Crippen LogP contribution in [0.15, 0.2) is 22.7 Å². The molecule has 0 unspecified atom stereocenters. The van der Waals surface area contributed by atoms with E-state index in [-0.39, 0.29) is 13.1 Å². The summed E-state index contributed by atoms with van der Waals surface area (Å²) in [6, 6.07) is 4.80. The molecule has 2 rings (SSSR count). The maximum Gasteiger partial charge on any atom is 0.306 e. The van der Waals surface area contributed by atoms with Gasteiger partial charge in [0.15, 0.2) is 0 Å². The molecule has 21 heavy (non-hydrogen) atoms. The monoisotopic (exact) mass is 396 g/mol. The molecule has 0 atom stereocenters. The number of carboxylic acid groups (broad SMARTS) is 1. The average Bonchev–Trinajstić information content (AvgIpc) is 2.43.